The van der Waals surface area contributed by atoms with Crippen LogP contribution in [0.1, 0.15) is 131 Å². The van der Waals surface area contributed by atoms with Crippen molar-refractivity contribution >= 4 is 18.4 Å². The highest BCUT2D eigenvalue weighted by Gasteiger charge is 1.93. The predicted octanol–water partition coefficient (Wildman–Crippen LogP) is 8.78. The lowest BCUT2D eigenvalue weighted by Crippen LogP contribution is -2.12. The molecule has 0 radical (unpaired) electrons. The Balaban J connectivity index is -0.0000000212. The summed E-state index contributed by atoms with van der Waals surface area (Å²) in [6.45, 7) is 45.7. The van der Waals surface area contributed by atoms with E-state index in [-0.39, 0.29) is 19.0 Å². The van der Waals surface area contributed by atoms with Gasteiger partial charge in [0.15, 0.2) is 5.78 Å². The van der Waals surface area contributed by atoms with Gasteiger partial charge in [0.1, 0.15) is 0 Å². The van der Waals surface area contributed by atoms with Gasteiger partial charge in [-0.05, 0) is 52.2 Å². The first kappa shape index (κ1) is 84.0. The number of allylic oxidation sites excluding steroid dienone is 3. The highest BCUT2D eigenvalue weighted by Crippen LogP contribution is 1.83. The number of carbonyl (C=O) groups is 1. The molecule has 0 amide bonds. The molecule has 0 aliphatic carbocycles. The smallest absolute Gasteiger partial charge is 0.152 e. The van der Waals surface area contributed by atoms with E-state index in [9.17, 15) is 4.79 Å². The summed E-state index contributed by atoms with van der Waals surface area (Å²) < 4.78 is 0. The standard InChI is InChI=1S/C4H10O2.C4H6O.2C4H10.C3H8O2S.2C3H6.4C2H6.CH5N.CH4O/c1-2-4(6)3-5;1-3-4(2)5;2*1-4(2)3;4-1-3(5)2-6;2*1-3-2;6*1-2/h4-6H,2-3H2,1H3;3H,1H2,2H3;2*4H,1-3H3;3-6H,1-2H2;2*3H,1H2,2H3;4*1-2H3;2H2,1H3;2H,1H3. The van der Waals surface area contributed by atoms with Crippen LogP contribution in [0.4, 0.5) is 0 Å². The van der Waals surface area contributed by atoms with Crippen LogP contribution >= 0.6 is 12.6 Å². The Kier molecular flexibility index (Phi) is 290. The summed E-state index contributed by atoms with van der Waals surface area (Å²) in [6, 6.07) is 0. The molecular weight excluding hydrogens is 562 g/mol. The fourth-order valence-corrected chi connectivity index (χ4v) is 0.302. The minimum atomic E-state index is -0.645. The average Bonchev–Trinajstić information content (AvgIpc) is 3.03. The maximum absolute atomic E-state index is 9.69. The van der Waals surface area contributed by atoms with Crippen molar-refractivity contribution in [3.05, 3.63) is 38.0 Å². The molecule has 0 aliphatic rings. The molecule has 0 heterocycles. The average molecular weight is 652 g/mol. The zero-order valence-electron chi connectivity index (χ0n) is 33.2. The number of rotatable bonds is 5. The number of aliphatic hydroxyl groups excluding tert-OH is 5. The van der Waals surface area contributed by atoms with E-state index < -0.39 is 12.2 Å². The van der Waals surface area contributed by atoms with E-state index in [1.807, 2.05) is 76.2 Å². The Labute approximate surface area is 280 Å². The molecule has 0 aliphatic heterocycles. The molecule has 0 fully saturated rings. The number of hydrogen-bond acceptors (Lipinski definition) is 8. The molecule has 7 nitrogen and oxygen atoms in total. The summed E-state index contributed by atoms with van der Waals surface area (Å²) >= 11 is 3.69. The van der Waals surface area contributed by atoms with E-state index in [2.05, 4.69) is 79.6 Å². The van der Waals surface area contributed by atoms with Crippen LogP contribution in [0.5, 0.6) is 0 Å². The topological polar surface area (TPSA) is 144 Å². The minimum Gasteiger partial charge on any atom is -0.400 e. The highest BCUT2D eigenvalue weighted by atomic mass is 32.1. The second kappa shape index (κ2) is 149. The zero-order chi connectivity index (χ0) is 38.8. The number of thiol groups is 1. The van der Waals surface area contributed by atoms with Crippen LogP contribution in [-0.4, -0.2) is 76.6 Å². The van der Waals surface area contributed by atoms with E-state index in [4.69, 9.17) is 25.5 Å². The quantitative estimate of drug-likeness (QED) is 0.0894. The molecule has 2 unspecified atom stereocenters. The Hall–Kier alpha value is -1.00. The van der Waals surface area contributed by atoms with Gasteiger partial charge in [0.25, 0.3) is 0 Å². The normalized spacial score (nSPS) is 7.93. The summed E-state index contributed by atoms with van der Waals surface area (Å²) in [7, 11) is 2.50. The van der Waals surface area contributed by atoms with E-state index in [1.165, 1.54) is 20.0 Å². The van der Waals surface area contributed by atoms with Gasteiger partial charge in [0, 0.05) is 12.9 Å². The number of hydrogen-bond donors (Lipinski definition) is 7. The van der Waals surface area contributed by atoms with Gasteiger partial charge in [-0.2, -0.15) is 12.6 Å². The fourth-order valence-electron chi connectivity index (χ4n) is 0.187. The summed E-state index contributed by atoms with van der Waals surface area (Å²) in [5.41, 5.74) is 4.50. The molecule has 0 aromatic carbocycles. The van der Waals surface area contributed by atoms with Gasteiger partial charge in [-0.15, -0.1) is 13.2 Å². The van der Waals surface area contributed by atoms with E-state index in [0.29, 0.717) is 12.2 Å². The molecule has 0 bridgehead atoms. The second-order valence-electron chi connectivity index (χ2n) is 7.36. The Morgan fingerprint density at radius 2 is 0.837 bits per heavy atom. The molecule has 43 heavy (non-hydrogen) atoms. The van der Waals surface area contributed by atoms with Crippen molar-refractivity contribution in [2.24, 2.45) is 17.6 Å². The van der Waals surface area contributed by atoms with E-state index in [0.717, 1.165) is 18.9 Å². The SMILES string of the molecule is C=CC.C=CC.C=CC(C)=O.CC.CC.CC.CC.CC(C)C.CC(C)C.CCC(O)CO.CN.CO.OCC(O)CS. The molecule has 0 rings (SSSR count). The summed E-state index contributed by atoms with van der Waals surface area (Å²) in [6.07, 6.45) is 4.26. The molecule has 0 saturated carbocycles. The van der Waals surface area contributed by atoms with Crippen LogP contribution < -0.4 is 5.73 Å². The van der Waals surface area contributed by atoms with Crippen molar-refractivity contribution in [3.63, 3.8) is 0 Å². The van der Waals surface area contributed by atoms with Gasteiger partial charge in [-0.3, -0.25) is 4.79 Å². The number of nitrogens with two attached hydrogens (primary N) is 1. The van der Waals surface area contributed by atoms with Crippen molar-refractivity contribution in [2.45, 2.75) is 143 Å². The van der Waals surface area contributed by atoms with Gasteiger partial charge in [0.2, 0.25) is 0 Å². The number of aliphatic hydroxyl groups is 5. The van der Waals surface area contributed by atoms with E-state index in [1.54, 1.807) is 12.2 Å². The third-order valence-corrected chi connectivity index (χ3v) is 1.81. The van der Waals surface area contributed by atoms with Gasteiger partial charge < -0.3 is 31.3 Å². The molecule has 0 aromatic rings. The van der Waals surface area contributed by atoms with Gasteiger partial charge >= 0.3 is 0 Å². The summed E-state index contributed by atoms with van der Waals surface area (Å²) in [5, 5.41) is 39.9. The van der Waals surface area contributed by atoms with Crippen LogP contribution in [0.25, 0.3) is 0 Å². The lowest BCUT2D eigenvalue weighted by atomic mass is 10.3. The molecule has 0 aromatic heterocycles. The maximum Gasteiger partial charge on any atom is 0.152 e. The molecule has 7 N–H and O–H groups in total. The summed E-state index contributed by atoms with van der Waals surface area (Å²) in [4.78, 5) is 9.69. The first-order valence-corrected chi connectivity index (χ1v) is 16.3. The fraction of sp³-hybridized carbons (Fsp3) is 0.800. The van der Waals surface area contributed by atoms with Crippen molar-refractivity contribution in [1.29, 1.82) is 0 Å². The van der Waals surface area contributed by atoms with Crippen LogP contribution in [0.15, 0.2) is 38.0 Å². The predicted molar refractivity (Wildman–Crippen MR) is 208 cm³/mol. The third kappa shape index (κ3) is 770. The first-order chi connectivity index (χ1) is 20.2. The lowest BCUT2D eigenvalue weighted by molar-refractivity contribution is -0.112. The maximum atomic E-state index is 9.69. The van der Waals surface area contributed by atoms with Crippen LogP contribution in [0.2, 0.25) is 0 Å². The van der Waals surface area contributed by atoms with Gasteiger partial charge in [-0.25, -0.2) is 0 Å². The molecule has 0 saturated heterocycles. The van der Waals surface area contributed by atoms with Crippen LogP contribution in [-0.2, 0) is 4.79 Å². The number of ketones is 1. The largest absolute Gasteiger partial charge is 0.400 e. The van der Waals surface area contributed by atoms with Crippen LogP contribution in [0.3, 0.4) is 0 Å². The monoisotopic (exact) mass is 652 g/mol. The molecule has 276 valence electrons. The molecular formula is C35H89NO6S. The highest BCUT2D eigenvalue weighted by molar-refractivity contribution is 7.80. The van der Waals surface area contributed by atoms with Crippen LogP contribution in [0, 0.1) is 11.8 Å². The van der Waals surface area contributed by atoms with Crippen molar-refractivity contribution < 1.29 is 30.3 Å². The zero-order valence-corrected chi connectivity index (χ0v) is 34.1. The lowest BCUT2D eigenvalue weighted by Gasteiger charge is -1.97. The minimum absolute atomic E-state index is 0.0185. The molecule has 2 atom stereocenters. The molecule has 0 spiro atoms. The summed E-state index contributed by atoms with van der Waals surface area (Å²) in [5.74, 6) is 2.02. The van der Waals surface area contributed by atoms with E-state index >= 15 is 0 Å². The Morgan fingerprint density at radius 3 is 0.837 bits per heavy atom. The molecule has 8 heteroatoms. The van der Waals surface area contributed by atoms with Gasteiger partial charge in [0.05, 0.1) is 25.4 Å². The Morgan fingerprint density at radius 1 is 0.698 bits per heavy atom. The number of carbonyl (C=O) groups excluding carboxylic acids is 1. The van der Waals surface area contributed by atoms with Crippen molar-refractivity contribution in [3.8, 4) is 0 Å². The van der Waals surface area contributed by atoms with Gasteiger partial charge in [-0.1, -0.05) is 123 Å². The third-order valence-electron chi connectivity index (χ3n) is 1.39. The first-order valence-electron chi connectivity index (χ1n) is 15.7. The van der Waals surface area contributed by atoms with Crippen molar-refractivity contribution in [2.75, 3.05) is 33.1 Å². The Bertz CT molecular complexity index is 296. The second-order valence-corrected chi connectivity index (χ2v) is 7.72. The van der Waals surface area contributed by atoms with Crippen molar-refractivity contribution in [1.82, 2.24) is 0 Å².